The Morgan fingerprint density at radius 3 is 1.81 bits per heavy atom. The maximum Gasteiger partial charge on any atom is 0.241 e. The molecule has 1 saturated heterocycles. The number of carbonyl (C=O) groups is 2. The van der Waals surface area contributed by atoms with Gasteiger partial charge in [-0.25, -0.2) is 0 Å². The minimum Gasteiger partial charge on any atom is -0.325 e. The molecule has 9 rings (SSSR count). The van der Waals surface area contributed by atoms with Crippen LogP contribution in [0.1, 0.15) is 48.9 Å². The van der Waals surface area contributed by atoms with Gasteiger partial charge in [0.2, 0.25) is 11.8 Å². The molecule has 5 N–H and O–H groups in total. The van der Waals surface area contributed by atoms with Crippen LogP contribution in [0.25, 0.3) is 22.3 Å². The van der Waals surface area contributed by atoms with Gasteiger partial charge < -0.3 is 21.7 Å². The van der Waals surface area contributed by atoms with Crippen molar-refractivity contribution in [1.29, 1.82) is 0 Å². The van der Waals surface area contributed by atoms with Crippen molar-refractivity contribution in [2.24, 2.45) is 5.73 Å². The summed E-state index contributed by atoms with van der Waals surface area (Å²) in [6, 6.07) is 29.8. The Balaban J connectivity index is 0.00000180. The van der Waals surface area contributed by atoms with Gasteiger partial charge in [-0.15, -0.1) is 0 Å². The molecule has 1 aliphatic heterocycles. The molecule has 6 nitrogen and oxygen atoms in total. The molecule has 2 amide bonds. The molecule has 0 aromatic heterocycles. The van der Waals surface area contributed by atoms with Gasteiger partial charge in [-0.3, -0.25) is 9.59 Å². The normalized spacial score (nSPS) is 15.6. The minimum atomic E-state index is -0.198. The second kappa shape index (κ2) is 14.3. The summed E-state index contributed by atoms with van der Waals surface area (Å²) >= 11 is 0. The number of benzene rings is 4. The van der Waals surface area contributed by atoms with E-state index >= 15 is 0 Å². The highest BCUT2D eigenvalue weighted by atomic mass is 16.2. The standard InChI is InChI=1S/C35H36N4O2.C2H6/c36-22-34(40)38-29-6-1-4-27(20-29)31-18-23-9-13-25(31)14-10-24-12-16-26(15-11-23)32(19-24)28-5-2-7-30(21-28)39-35(41)33-8-3-17-37-33;1-2/h1-2,4-7,9,12-13,16,18-21,33,37H,3,8,10-11,14-15,17,22,36H2,(H,38,40)(H,39,41);1-2H3/t33-;/m0./s1. The molecule has 43 heavy (non-hydrogen) atoms. The van der Waals surface area contributed by atoms with E-state index in [4.69, 9.17) is 5.73 Å². The Morgan fingerprint density at radius 1 is 0.744 bits per heavy atom. The highest BCUT2D eigenvalue weighted by Gasteiger charge is 2.22. The molecule has 1 heterocycles. The van der Waals surface area contributed by atoms with E-state index in [0.717, 1.165) is 67.6 Å². The van der Waals surface area contributed by atoms with Crippen molar-refractivity contribution in [3.8, 4) is 22.3 Å². The van der Waals surface area contributed by atoms with Gasteiger partial charge in [0.1, 0.15) is 0 Å². The van der Waals surface area contributed by atoms with Crippen LogP contribution >= 0.6 is 0 Å². The molecule has 4 aromatic carbocycles. The summed E-state index contributed by atoms with van der Waals surface area (Å²) in [5.41, 5.74) is 16.9. The number of rotatable bonds is 6. The van der Waals surface area contributed by atoms with Crippen molar-refractivity contribution >= 4 is 23.2 Å². The van der Waals surface area contributed by atoms with E-state index in [1.54, 1.807) is 0 Å². The van der Waals surface area contributed by atoms with E-state index in [1.807, 2.05) is 44.2 Å². The molecule has 0 radical (unpaired) electrons. The van der Waals surface area contributed by atoms with E-state index in [9.17, 15) is 9.59 Å². The predicted octanol–water partition coefficient (Wildman–Crippen LogP) is 6.52. The summed E-state index contributed by atoms with van der Waals surface area (Å²) in [6.07, 6.45) is 5.55. The Kier molecular flexibility index (Phi) is 10.0. The highest BCUT2D eigenvalue weighted by molar-refractivity contribution is 5.95. The fourth-order valence-electron chi connectivity index (χ4n) is 5.97. The van der Waals surface area contributed by atoms with Crippen LogP contribution in [0.4, 0.5) is 11.4 Å². The van der Waals surface area contributed by atoms with Crippen molar-refractivity contribution in [3.05, 3.63) is 107 Å². The maximum absolute atomic E-state index is 12.7. The second-order valence-electron chi connectivity index (χ2n) is 11.0. The fraction of sp³-hybridized carbons (Fsp3) is 0.297. The van der Waals surface area contributed by atoms with Crippen LogP contribution in [0.15, 0.2) is 84.9 Å². The van der Waals surface area contributed by atoms with E-state index in [1.165, 1.54) is 33.4 Å². The van der Waals surface area contributed by atoms with Crippen LogP contribution in [-0.2, 0) is 35.3 Å². The number of carbonyl (C=O) groups excluding carboxylic acids is 2. The third-order valence-corrected chi connectivity index (χ3v) is 8.18. The lowest BCUT2D eigenvalue weighted by molar-refractivity contribution is -0.118. The molecule has 1 fully saturated rings. The van der Waals surface area contributed by atoms with Crippen molar-refractivity contribution in [2.75, 3.05) is 23.7 Å². The lowest BCUT2D eigenvalue weighted by Gasteiger charge is -2.18. The summed E-state index contributed by atoms with van der Waals surface area (Å²) < 4.78 is 0. The van der Waals surface area contributed by atoms with Gasteiger partial charge in [-0.05, 0) is 114 Å². The molecule has 4 aliphatic carbocycles. The zero-order valence-corrected chi connectivity index (χ0v) is 25.2. The van der Waals surface area contributed by atoms with E-state index < -0.39 is 0 Å². The molecule has 0 saturated carbocycles. The Bertz CT molecular complexity index is 1590. The molecule has 1 atom stereocenters. The number of hydrogen-bond acceptors (Lipinski definition) is 4. The lowest BCUT2D eigenvalue weighted by Crippen LogP contribution is -2.35. The highest BCUT2D eigenvalue weighted by Crippen LogP contribution is 2.33. The second-order valence-corrected chi connectivity index (χ2v) is 11.0. The Labute approximate surface area is 255 Å². The molecule has 4 bridgehead atoms. The average molecular weight is 575 g/mol. The third kappa shape index (κ3) is 7.39. The summed E-state index contributed by atoms with van der Waals surface area (Å²) in [4.78, 5) is 24.6. The van der Waals surface area contributed by atoms with E-state index in [2.05, 4.69) is 70.5 Å². The maximum atomic E-state index is 12.7. The van der Waals surface area contributed by atoms with Crippen molar-refractivity contribution in [1.82, 2.24) is 5.32 Å². The smallest absolute Gasteiger partial charge is 0.241 e. The van der Waals surface area contributed by atoms with Crippen molar-refractivity contribution < 1.29 is 9.59 Å². The van der Waals surface area contributed by atoms with Crippen LogP contribution < -0.4 is 21.7 Å². The molecule has 0 spiro atoms. The predicted molar refractivity (Wildman–Crippen MR) is 177 cm³/mol. The SMILES string of the molecule is CC.NCC(=O)Nc1cccc(-c2cc3ccc2CCc2ccc(c(-c4cccc(NC(=O)[C@@H]5CCCN5)c4)c2)CC3)c1. The van der Waals surface area contributed by atoms with Gasteiger partial charge >= 0.3 is 0 Å². The first-order valence-corrected chi connectivity index (χ1v) is 15.5. The number of anilines is 2. The van der Waals surface area contributed by atoms with E-state index in [-0.39, 0.29) is 24.4 Å². The molecule has 0 unspecified atom stereocenters. The van der Waals surface area contributed by atoms with Crippen LogP contribution in [0.3, 0.4) is 0 Å². The monoisotopic (exact) mass is 574 g/mol. The zero-order valence-electron chi connectivity index (χ0n) is 25.2. The summed E-state index contributed by atoms with van der Waals surface area (Å²) in [6.45, 7) is 4.86. The third-order valence-electron chi connectivity index (χ3n) is 8.18. The van der Waals surface area contributed by atoms with Crippen LogP contribution in [0.2, 0.25) is 0 Å². The zero-order chi connectivity index (χ0) is 30.2. The molecule has 4 aromatic rings. The molecule has 222 valence electrons. The van der Waals surface area contributed by atoms with Crippen LogP contribution in [-0.4, -0.2) is 30.9 Å². The lowest BCUT2D eigenvalue weighted by atomic mass is 9.87. The molecular formula is C37H42N4O2. The number of nitrogens with two attached hydrogens (primary N) is 1. The largest absolute Gasteiger partial charge is 0.325 e. The average Bonchev–Trinajstić information content (AvgIpc) is 3.59. The number of hydrogen-bond donors (Lipinski definition) is 4. The first-order chi connectivity index (χ1) is 21.1. The molecule has 5 aliphatic rings. The van der Waals surface area contributed by atoms with Crippen LogP contribution in [0, 0.1) is 0 Å². The number of nitrogens with one attached hydrogen (secondary N) is 3. The topological polar surface area (TPSA) is 96.2 Å². The molecule has 6 heteroatoms. The molecular weight excluding hydrogens is 532 g/mol. The van der Waals surface area contributed by atoms with Crippen molar-refractivity contribution in [2.45, 2.75) is 58.4 Å². The van der Waals surface area contributed by atoms with Gasteiger partial charge in [-0.1, -0.05) is 74.5 Å². The number of amides is 2. The van der Waals surface area contributed by atoms with Gasteiger partial charge in [0.25, 0.3) is 0 Å². The van der Waals surface area contributed by atoms with Gasteiger partial charge in [-0.2, -0.15) is 0 Å². The van der Waals surface area contributed by atoms with Crippen molar-refractivity contribution in [3.63, 3.8) is 0 Å². The summed E-state index contributed by atoms with van der Waals surface area (Å²) in [7, 11) is 0. The fourth-order valence-corrected chi connectivity index (χ4v) is 5.97. The van der Waals surface area contributed by atoms with Gasteiger partial charge in [0.15, 0.2) is 0 Å². The quantitative estimate of drug-likeness (QED) is 0.211. The number of aryl methyl sites for hydroxylation is 4. The Hall–Kier alpha value is -4.26. The first-order valence-electron chi connectivity index (χ1n) is 15.5. The Morgan fingerprint density at radius 2 is 1.30 bits per heavy atom. The summed E-state index contributed by atoms with van der Waals surface area (Å²) in [5, 5.41) is 9.28. The van der Waals surface area contributed by atoms with Gasteiger partial charge in [0, 0.05) is 11.4 Å². The van der Waals surface area contributed by atoms with Gasteiger partial charge in [0.05, 0.1) is 12.6 Å². The first kappa shape index (κ1) is 30.2. The van der Waals surface area contributed by atoms with Crippen LogP contribution in [0.5, 0.6) is 0 Å². The van der Waals surface area contributed by atoms with E-state index in [0.29, 0.717) is 0 Å². The minimum absolute atomic E-state index is 0.0394. The summed E-state index contributed by atoms with van der Waals surface area (Å²) in [5.74, 6) is -0.155.